The quantitative estimate of drug-likeness (QED) is 0.908. The summed E-state index contributed by atoms with van der Waals surface area (Å²) in [5.41, 5.74) is 0. The van der Waals surface area contributed by atoms with Gasteiger partial charge in [0.1, 0.15) is 5.82 Å². The molecule has 0 aromatic carbocycles. The zero-order valence-electron chi connectivity index (χ0n) is 11.8. The third kappa shape index (κ3) is 2.13. The second-order valence-electron chi connectivity index (χ2n) is 6.70. The van der Waals surface area contributed by atoms with Gasteiger partial charge in [0.2, 0.25) is 5.91 Å². The molecule has 2 heterocycles. The van der Waals surface area contributed by atoms with Gasteiger partial charge in [-0.1, -0.05) is 6.42 Å². The summed E-state index contributed by atoms with van der Waals surface area (Å²) in [4.78, 5) is 12.1. The van der Waals surface area contributed by atoms with Crippen molar-refractivity contribution in [2.45, 2.75) is 58.0 Å². The van der Waals surface area contributed by atoms with E-state index in [-0.39, 0.29) is 5.91 Å². The molecule has 2 fully saturated rings. The number of rotatable bonds is 4. The number of amides is 1. The first-order valence-corrected chi connectivity index (χ1v) is 7.97. The van der Waals surface area contributed by atoms with Crippen molar-refractivity contribution in [1.82, 2.24) is 20.1 Å². The first-order chi connectivity index (χ1) is 9.79. The third-order valence-corrected chi connectivity index (χ3v) is 5.46. The predicted molar refractivity (Wildman–Crippen MR) is 73.7 cm³/mol. The van der Waals surface area contributed by atoms with Gasteiger partial charge in [0, 0.05) is 19.4 Å². The molecule has 3 aliphatic rings. The van der Waals surface area contributed by atoms with Gasteiger partial charge in [-0.25, -0.2) is 0 Å². The van der Waals surface area contributed by atoms with Gasteiger partial charge in [0.05, 0.1) is 6.54 Å². The molecule has 5 nitrogen and oxygen atoms in total. The number of aryl methyl sites for hydroxylation is 1. The van der Waals surface area contributed by atoms with E-state index in [0.29, 0.717) is 18.9 Å². The summed E-state index contributed by atoms with van der Waals surface area (Å²) in [6, 6.07) is 0. The van der Waals surface area contributed by atoms with Gasteiger partial charge in [0.15, 0.2) is 5.82 Å². The molecule has 1 amide bonds. The zero-order chi connectivity index (χ0) is 13.5. The van der Waals surface area contributed by atoms with E-state index in [4.69, 9.17) is 0 Å². The summed E-state index contributed by atoms with van der Waals surface area (Å²) in [6.45, 7) is 1.53. The molecule has 2 aliphatic carbocycles. The number of fused-ring (bicyclic) bond motifs is 3. The maximum Gasteiger partial charge on any atom is 0.220 e. The van der Waals surface area contributed by atoms with E-state index in [2.05, 4.69) is 20.1 Å². The number of nitrogens with zero attached hydrogens (tertiary/aromatic N) is 3. The molecule has 1 aliphatic heterocycles. The largest absolute Gasteiger partial charge is 0.349 e. The SMILES string of the molecule is O=C(C[C@@H]1C[C@H]2CC[C@H]1C2)NCc1nnc2n1CCC2. The van der Waals surface area contributed by atoms with Gasteiger partial charge >= 0.3 is 0 Å². The Morgan fingerprint density at radius 3 is 3.05 bits per heavy atom. The van der Waals surface area contributed by atoms with Crippen LogP contribution in [0.15, 0.2) is 0 Å². The highest BCUT2D eigenvalue weighted by Crippen LogP contribution is 2.49. The van der Waals surface area contributed by atoms with Crippen molar-refractivity contribution in [3.63, 3.8) is 0 Å². The minimum atomic E-state index is 0.192. The highest BCUT2D eigenvalue weighted by atomic mass is 16.1. The van der Waals surface area contributed by atoms with Crippen molar-refractivity contribution < 1.29 is 4.79 Å². The van der Waals surface area contributed by atoms with Gasteiger partial charge in [-0.3, -0.25) is 4.79 Å². The molecule has 1 aromatic rings. The van der Waals surface area contributed by atoms with Crippen molar-refractivity contribution in [2.24, 2.45) is 17.8 Å². The van der Waals surface area contributed by atoms with Crippen LogP contribution in [0.25, 0.3) is 0 Å². The minimum Gasteiger partial charge on any atom is -0.349 e. The van der Waals surface area contributed by atoms with Crippen LogP contribution in [0.4, 0.5) is 0 Å². The van der Waals surface area contributed by atoms with Crippen molar-refractivity contribution in [3.8, 4) is 0 Å². The molecule has 108 valence electrons. The van der Waals surface area contributed by atoms with Gasteiger partial charge < -0.3 is 9.88 Å². The zero-order valence-corrected chi connectivity index (χ0v) is 11.8. The van der Waals surface area contributed by atoms with E-state index in [1.54, 1.807) is 0 Å². The van der Waals surface area contributed by atoms with E-state index < -0.39 is 0 Å². The average Bonchev–Trinajstić information content (AvgIpc) is 3.17. The molecule has 1 aromatic heterocycles. The standard InChI is InChI=1S/C15H22N4O/c20-15(8-12-7-10-3-4-11(12)6-10)16-9-14-18-17-13-2-1-5-19(13)14/h10-12H,1-9H2,(H,16,20)/t10-,11-,12-/m0/s1. The highest BCUT2D eigenvalue weighted by Gasteiger charge is 2.40. The van der Waals surface area contributed by atoms with Crippen molar-refractivity contribution in [2.75, 3.05) is 0 Å². The Labute approximate surface area is 119 Å². The molecule has 4 rings (SSSR count). The van der Waals surface area contributed by atoms with Crippen molar-refractivity contribution >= 4 is 5.91 Å². The fraction of sp³-hybridized carbons (Fsp3) is 0.800. The van der Waals surface area contributed by atoms with Crippen LogP contribution in [0.5, 0.6) is 0 Å². The van der Waals surface area contributed by atoms with E-state index in [9.17, 15) is 4.79 Å². The fourth-order valence-electron chi connectivity index (χ4n) is 4.46. The Morgan fingerprint density at radius 2 is 2.25 bits per heavy atom. The average molecular weight is 274 g/mol. The monoisotopic (exact) mass is 274 g/mol. The van der Waals surface area contributed by atoms with E-state index in [1.165, 1.54) is 25.7 Å². The lowest BCUT2D eigenvalue weighted by molar-refractivity contribution is -0.122. The maximum atomic E-state index is 12.1. The first-order valence-electron chi connectivity index (χ1n) is 7.97. The smallest absolute Gasteiger partial charge is 0.220 e. The number of aromatic nitrogens is 3. The number of hydrogen-bond acceptors (Lipinski definition) is 3. The Balaban J connectivity index is 1.30. The molecule has 0 spiro atoms. The molecule has 0 unspecified atom stereocenters. The normalized spacial score (nSPS) is 30.7. The Hall–Kier alpha value is -1.39. The molecule has 0 radical (unpaired) electrons. The topological polar surface area (TPSA) is 59.8 Å². The molecule has 20 heavy (non-hydrogen) atoms. The number of hydrogen-bond donors (Lipinski definition) is 1. The predicted octanol–water partition coefficient (Wildman–Crippen LogP) is 1.67. The Kier molecular flexibility index (Phi) is 3.00. The third-order valence-electron chi connectivity index (χ3n) is 5.46. The first kappa shape index (κ1) is 12.4. The molecular formula is C15H22N4O. The summed E-state index contributed by atoms with van der Waals surface area (Å²) in [7, 11) is 0. The number of nitrogens with one attached hydrogen (secondary N) is 1. The van der Waals surface area contributed by atoms with E-state index in [1.807, 2.05) is 0 Å². The van der Waals surface area contributed by atoms with Crippen LogP contribution in [-0.2, 0) is 24.3 Å². The molecule has 5 heteroatoms. The van der Waals surface area contributed by atoms with Crippen molar-refractivity contribution in [3.05, 3.63) is 11.6 Å². The fourth-order valence-corrected chi connectivity index (χ4v) is 4.46. The van der Waals surface area contributed by atoms with Crippen LogP contribution in [-0.4, -0.2) is 20.7 Å². The van der Waals surface area contributed by atoms with Gasteiger partial charge in [-0.05, 0) is 43.4 Å². The van der Waals surface area contributed by atoms with Crippen LogP contribution >= 0.6 is 0 Å². The lowest BCUT2D eigenvalue weighted by atomic mass is 9.86. The minimum absolute atomic E-state index is 0.192. The molecular weight excluding hydrogens is 252 g/mol. The summed E-state index contributed by atoms with van der Waals surface area (Å²) in [6.07, 6.45) is 8.27. The molecule has 2 saturated carbocycles. The summed E-state index contributed by atoms with van der Waals surface area (Å²) in [5.74, 6) is 4.55. The van der Waals surface area contributed by atoms with E-state index >= 15 is 0 Å². The van der Waals surface area contributed by atoms with Crippen LogP contribution in [0.1, 0.15) is 50.2 Å². The van der Waals surface area contributed by atoms with Crippen molar-refractivity contribution in [1.29, 1.82) is 0 Å². The van der Waals surface area contributed by atoms with Gasteiger partial charge in [-0.2, -0.15) is 0 Å². The number of carbonyl (C=O) groups excluding carboxylic acids is 1. The van der Waals surface area contributed by atoms with Gasteiger partial charge in [-0.15, -0.1) is 10.2 Å². The lowest BCUT2D eigenvalue weighted by Gasteiger charge is -2.20. The number of carbonyl (C=O) groups is 1. The lowest BCUT2D eigenvalue weighted by Crippen LogP contribution is -2.28. The molecule has 0 saturated heterocycles. The second kappa shape index (κ2) is 4.86. The van der Waals surface area contributed by atoms with Crippen LogP contribution in [0.3, 0.4) is 0 Å². The molecule has 2 bridgehead atoms. The highest BCUT2D eigenvalue weighted by molar-refractivity contribution is 5.76. The van der Waals surface area contributed by atoms with E-state index in [0.717, 1.165) is 42.9 Å². The summed E-state index contributed by atoms with van der Waals surface area (Å²) in [5, 5.41) is 11.4. The molecule has 3 atom stereocenters. The van der Waals surface area contributed by atoms with Crippen LogP contribution in [0, 0.1) is 17.8 Å². The maximum absolute atomic E-state index is 12.1. The second-order valence-corrected chi connectivity index (χ2v) is 6.70. The van der Waals surface area contributed by atoms with Gasteiger partial charge in [0.25, 0.3) is 0 Å². The summed E-state index contributed by atoms with van der Waals surface area (Å²) >= 11 is 0. The van der Waals surface area contributed by atoms with Crippen LogP contribution < -0.4 is 5.32 Å². The Morgan fingerprint density at radius 1 is 1.30 bits per heavy atom. The Bertz CT molecular complexity index is 524. The molecule has 1 N–H and O–H groups in total. The summed E-state index contributed by atoms with van der Waals surface area (Å²) < 4.78 is 2.15. The van der Waals surface area contributed by atoms with Crippen LogP contribution in [0.2, 0.25) is 0 Å².